The first-order chi connectivity index (χ1) is 11.2. The van der Waals surface area contributed by atoms with Gasteiger partial charge in [-0.05, 0) is 17.0 Å². The van der Waals surface area contributed by atoms with E-state index in [0.29, 0.717) is 6.42 Å². The Hall–Kier alpha value is -2.13. The number of esters is 1. The molecule has 0 fully saturated rings. The first-order valence-electron chi connectivity index (χ1n) is 8.04. The molecule has 2 aromatic rings. The summed E-state index contributed by atoms with van der Waals surface area (Å²) in [6.45, 7) is 4.71. The number of hydrogen-bond donors (Lipinski definition) is 0. The van der Waals surface area contributed by atoms with E-state index in [1.807, 2.05) is 12.1 Å². The van der Waals surface area contributed by atoms with Gasteiger partial charge in [0.25, 0.3) is 0 Å². The summed E-state index contributed by atoms with van der Waals surface area (Å²) < 4.78 is 4.78. The zero-order valence-corrected chi connectivity index (χ0v) is 13.9. The van der Waals surface area contributed by atoms with E-state index in [1.165, 1.54) is 18.2 Å². The van der Waals surface area contributed by atoms with Gasteiger partial charge in [-0.1, -0.05) is 67.6 Å². The Bertz CT molecular complexity index is 542. The van der Waals surface area contributed by atoms with Crippen LogP contribution in [0, 0.1) is 5.92 Å². The second-order valence-corrected chi connectivity index (χ2v) is 6.03. The maximum atomic E-state index is 11.5. The smallest absolute Gasteiger partial charge is 0.305 e. The largest absolute Gasteiger partial charge is 0.469 e. The van der Waals surface area contributed by atoms with Crippen LogP contribution in [0.15, 0.2) is 60.7 Å². The van der Waals surface area contributed by atoms with Gasteiger partial charge >= 0.3 is 5.97 Å². The molecule has 23 heavy (non-hydrogen) atoms. The van der Waals surface area contributed by atoms with E-state index in [0.717, 1.165) is 19.6 Å². The molecule has 0 saturated carbocycles. The standard InChI is InChI=1S/C20H25NO2/c1-17(13-20(22)23-2)14-21(15-18-9-5-3-6-10-18)16-19-11-7-4-8-12-19/h3-12,17H,13-16H2,1-2H3. The number of rotatable bonds is 8. The Morgan fingerprint density at radius 3 is 1.87 bits per heavy atom. The number of methoxy groups -OCH3 is 1. The summed E-state index contributed by atoms with van der Waals surface area (Å²) in [5.74, 6) is 0.117. The lowest BCUT2D eigenvalue weighted by atomic mass is 10.1. The lowest BCUT2D eigenvalue weighted by molar-refractivity contribution is -0.141. The number of ether oxygens (including phenoxy) is 1. The second kappa shape index (κ2) is 9.11. The lowest BCUT2D eigenvalue weighted by Crippen LogP contribution is -2.29. The van der Waals surface area contributed by atoms with Gasteiger partial charge in [0.1, 0.15) is 0 Å². The van der Waals surface area contributed by atoms with Crippen LogP contribution in [0.5, 0.6) is 0 Å². The van der Waals surface area contributed by atoms with E-state index in [4.69, 9.17) is 4.74 Å². The van der Waals surface area contributed by atoms with Crippen molar-refractivity contribution in [3.8, 4) is 0 Å². The van der Waals surface area contributed by atoms with Crippen molar-refractivity contribution in [2.45, 2.75) is 26.4 Å². The van der Waals surface area contributed by atoms with Gasteiger partial charge in [-0.15, -0.1) is 0 Å². The van der Waals surface area contributed by atoms with Crippen molar-refractivity contribution in [1.82, 2.24) is 4.90 Å². The fourth-order valence-corrected chi connectivity index (χ4v) is 2.74. The summed E-state index contributed by atoms with van der Waals surface area (Å²) in [6.07, 6.45) is 0.455. The van der Waals surface area contributed by atoms with Gasteiger partial charge in [0.05, 0.1) is 7.11 Å². The van der Waals surface area contributed by atoms with Crippen molar-refractivity contribution in [3.05, 3.63) is 71.8 Å². The van der Waals surface area contributed by atoms with Crippen LogP contribution in [-0.4, -0.2) is 24.5 Å². The van der Waals surface area contributed by atoms with Crippen LogP contribution in [0.25, 0.3) is 0 Å². The molecular formula is C20H25NO2. The number of hydrogen-bond acceptors (Lipinski definition) is 3. The Balaban J connectivity index is 2.03. The SMILES string of the molecule is COC(=O)CC(C)CN(Cc1ccccc1)Cc1ccccc1. The monoisotopic (exact) mass is 311 g/mol. The Morgan fingerprint density at radius 1 is 0.957 bits per heavy atom. The molecule has 0 heterocycles. The molecule has 0 aliphatic carbocycles. The molecule has 0 amide bonds. The Labute approximate surface area is 138 Å². The quantitative estimate of drug-likeness (QED) is 0.693. The van der Waals surface area contributed by atoms with Gasteiger partial charge in [0, 0.05) is 26.1 Å². The Morgan fingerprint density at radius 2 is 1.43 bits per heavy atom. The molecule has 1 atom stereocenters. The number of nitrogens with zero attached hydrogens (tertiary/aromatic N) is 1. The average Bonchev–Trinajstić information content (AvgIpc) is 2.56. The topological polar surface area (TPSA) is 29.5 Å². The van der Waals surface area contributed by atoms with Crippen molar-refractivity contribution < 1.29 is 9.53 Å². The summed E-state index contributed by atoms with van der Waals surface area (Å²) in [6, 6.07) is 20.9. The van der Waals surface area contributed by atoms with Gasteiger partial charge in [0.2, 0.25) is 0 Å². The van der Waals surface area contributed by atoms with Crippen LogP contribution in [-0.2, 0) is 22.6 Å². The zero-order chi connectivity index (χ0) is 16.5. The normalized spacial score (nSPS) is 12.1. The molecule has 0 radical (unpaired) electrons. The predicted octanol–water partition coefficient (Wildman–Crippen LogP) is 3.89. The summed E-state index contributed by atoms with van der Waals surface area (Å²) >= 11 is 0. The summed E-state index contributed by atoms with van der Waals surface area (Å²) in [5, 5.41) is 0. The lowest BCUT2D eigenvalue weighted by Gasteiger charge is -2.25. The van der Waals surface area contributed by atoms with Gasteiger partial charge < -0.3 is 4.74 Å². The third-order valence-electron chi connectivity index (χ3n) is 3.81. The molecule has 122 valence electrons. The molecule has 0 spiro atoms. The first kappa shape index (κ1) is 17.2. The number of carbonyl (C=O) groups excluding carboxylic acids is 1. The van der Waals surface area contributed by atoms with E-state index in [1.54, 1.807) is 0 Å². The van der Waals surface area contributed by atoms with Gasteiger partial charge in [0.15, 0.2) is 0 Å². The minimum absolute atomic E-state index is 0.142. The summed E-state index contributed by atoms with van der Waals surface area (Å²) in [4.78, 5) is 13.9. The van der Waals surface area contributed by atoms with Gasteiger partial charge in [-0.3, -0.25) is 9.69 Å². The third-order valence-corrected chi connectivity index (χ3v) is 3.81. The van der Waals surface area contributed by atoms with Crippen LogP contribution < -0.4 is 0 Å². The molecule has 0 aliphatic rings. The van der Waals surface area contributed by atoms with E-state index in [-0.39, 0.29) is 11.9 Å². The maximum absolute atomic E-state index is 11.5. The minimum atomic E-state index is -0.142. The van der Waals surface area contributed by atoms with Crippen LogP contribution in [0.1, 0.15) is 24.5 Å². The van der Waals surface area contributed by atoms with Crippen LogP contribution in [0.2, 0.25) is 0 Å². The number of carbonyl (C=O) groups is 1. The highest BCUT2D eigenvalue weighted by Crippen LogP contribution is 2.14. The van der Waals surface area contributed by atoms with Crippen LogP contribution >= 0.6 is 0 Å². The first-order valence-corrected chi connectivity index (χ1v) is 8.04. The van der Waals surface area contributed by atoms with Gasteiger partial charge in [-0.25, -0.2) is 0 Å². The third kappa shape index (κ3) is 6.25. The van der Waals surface area contributed by atoms with Crippen molar-refractivity contribution in [3.63, 3.8) is 0 Å². The Kier molecular flexibility index (Phi) is 6.82. The molecule has 0 N–H and O–H groups in total. The molecule has 2 rings (SSSR count). The molecule has 0 saturated heterocycles. The van der Waals surface area contributed by atoms with E-state index in [9.17, 15) is 4.79 Å². The highest BCUT2D eigenvalue weighted by Gasteiger charge is 2.15. The average molecular weight is 311 g/mol. The molecule has 2 aromatic carbocycles. The summed E-state index contributed by atoms with van der Waals surface area (Å²) in [5.41, 5.74) is 2.57. The molecule has 0 aromatic heterocycles. The van der Waals surface area contributed by atoms with Crippen LogP contribution in [0.3, 0.4) is 0 Å². The van der Waals surface area contributed by atoms with Gasteiger partial charge in [-0.2, -0.15) is 0 Å². The second-order valence-electron chi connectivity index (χ2n) is 6.03. The highest BCUT2D eigenvalue weighted by atomic mass is 16.5. The van der Waals surface area contributed by atoms with E-state index >= 15 is 0 Å². The summed E-state index contributed by atoms with van der Waals surface area (Å²) in [7, 11) is 1.45. The number of benzene rings is 2. The van der Waals surface area contributed by atoms with Crippen molar-refractivity contribution in [2.75, 3.05) is 13.7 Å². The fourth-order valence-electron chi connectivity index (χ4n) is 2.74. The van der Waals surface area contributed by atoms with E-state index < -0.39 is 0 Å². The van der Waals surface area contributed by atoms with Crippen molar-refractivity contribution in [1.29, 1.82) is 0 Å². The molecule has 3 nitrogen and oxygen atoms in total. The zero-order valence-electron chi connectivity index (χ0n) is 13.9. The molecule has 0 aliphatic heterocycles. The van der Waals surface area contributed by atoms with Crippen LogP contribution in [0.4, 0.5) is 0 Å². The maximum Gasteiger partial charge on any atom is 0.305 e. The fraction of sp³-hybridized carbons (Fsp3) is 0.350. The predicted molar refractivity (Wildman–Crippen MR) is 92.8 cm³/mol. The van der Waals surface area contributed by atoms with Crippen molar-refractivity contribution >= 4 is 5.97 Å². The minimum Gasteiger partial charge on any atom is -0.469 e. The highest BCUT2D eigenvalue weighted by molar-refractivity contribution is 5.69. The molecule has 1 unspecified atom stereocenters. The molecule has 0 bridgehead atoms. The molecular weight excluding hydrogens is 286 g/mol. The van der Waals surface area contributed by atoms with Crippen molar-refractivity contribution in [2.24, 2.45) is 5.92 Å². The van der Waals surface area contributed by atoms with E-state index in [2.05, 4.69) is 60.4 Å². The molecule has 3 heteroatoms.